The van der Waals surface area contributed by atoms with Gasteiger partial charge in [-0.3, -0.25) is 9.69 Å². The van der Waals surface area contributed by atoms with Crippen molar-refractivity contribution in [2.24, 2.45) is 5.92 Å². The number of carbonyl (C=O) groups is 1. The SMILES string of the molecule is Cc1cc2nc(C)c(CCC(=O)Nc3nc(CN4CCCC(C)C4)cs3)c(C)n2n1. The molecule has 1 N–H and O–H groups in total. The van der Waals surface area contributed by atoms with Gasteiger partial charge in [-0.1, -0.05) is 6.92 Å². The highest BCUT2D eigenvalue weighted by Gasteiger charge is 2.18. The molecule has 1 fully saturated rings. The minimum atomic E-state index is -0.0157. The number of fused-ring (bicyclic) bond motifs is 1. The van der Waals surface area contributed by atoms with Crippen LogP contribution in [0.25, 0.3) is 5.65 Å². The molecule has 3 aromatic heterocycles. The molecule has 0 aliphatic carbocycles. The second kappa shape index (κ2) is 8.81. The molecule has 3 aromatic rings. The van der Waals surface area contributed by atoms with E-state index >= 15 is 0 Å². The first kappa shape index (κ1) is 20.9. The lowest BCUT2D eigenvalue weighted by Gasteiger charge is -2.30. The minimum Gasteiger partial charge on any atom is -0.302 e. The summed E-state index contributed by atoms with van der Waals surface area (Å²) in [7, 11) is 0. The highest BCUT2D eigenvalue weighted by atomic mass is 32.1. The summed E-state index contributed by atoms with van der Waals surface area (Å²) in [6, 6.07) is 1.97. The fourth-order valence-electron chi connectivity index (χ4n) is 4.32. The fourth-order valence-corrected chi connectivity index (χ4v) is 5.04. The molecule has 0 bridgehead atoms. The Labute approximate surface area is 181 Å². The molecule has 8 heteroatoms. The van der Waals surface area contributed by atoms with E-state index in [4.69, 9.17) is 0 Å². The van der Waals surface area contributed by atoms with E-state index in [1.807, 2.05) is 31.4 Å². The number of aromatic nitrogens is 4. The van der Waals surface area contributed by atoms with Crippen LogP contribution in [-0.4, -0.2) is 43.5 Å². The molecule has 1 aliphatic heterocycles. The molecular weight excluding hydrogens is 396 g/mol. The number of rotatable bonds is 6. The summed E-state index contributed by atoms with van der Waals surface area (Å²) < 4.78 is 1.87. The number of aryl methyl sites for hydroxylation is 3. The number of carbonyl (C=O) groups excluding carboxylic acids is 1. The molecule has 0 saturated carbocycles. The number of nitrogens with one attached hydrogen (secondary N) is 1. The topological polar surface area (TPSA) is 75.4 Å². The third kappa shape index (κ3) is 4.70. The van der Waals surface area contributed by atoms with Crippen molar-refractivity contribution in [2.45, 2.75) is 59.9 Å². The first-order valence-electron chi connectivity index (χ1n) is 10.7. The minimum absolute atomic E-state index is 0.0157. The largest absolute Gasteiger partial charge is 0.302 e. The summed E-state index contributed by atoms with van der Waals surface area (Å²) in [6.07, 6.45) is 3.60. The molecule has 160 valence electrons. The molecule has 1 saturated heterocycles. The first-order valence-corrected chi connectivity index (χ1v) is 11.6. The number of hydrogen-bond acceptors (Lipinski definition) is 6. The van der Waals surface area contributed by atoms with Crippen LogP contribution in [0.2, 0.25) is 0 Å². The van der Waals surface area contributed by atoms with Gasteiger partial charge < -0.3 is 5.32 Å². The highest BCUT2D eigenvalue weighted by molar-refractivity contribution is 7.13. The van der Waals surface area contributed by atoms with Gasteiger partial charge in [-0.2, -0.15) is 5.10 Å². The summed E-state index contributed by atoms with van der Waals surface area (Å²) in [6.45, 7) is 11.4. The van der Waals surface area contributed by atoms with E-state index in [0.717, 1.165) is 59.5 Å². The van der Waals surface area contributed by atoms with Crippen molar-refractivity contribution >= 4 is 28.0 Å². The molecule has 1 atom stereocenters. The van der Waals surface area contributed by atoms with Crippen molar-refractivity contribution in [1.29, 1.82) is 0 Å². The van der Waals surface area contributed by atoms with Gasteiger partial charge >= 0.3 is 0 Å². The lowest BCUT2D eigenvalue weighted by molar-refractivity contribution is -0.116. The maximum atomic E-state index is 12.5. The number of likely N-dealkylation sites (tertiary alicyclic amines) is 1. The van der Waals surface area contributed by atoms with Gasteiger partial charge in [0.05, 0.1) is 11.4 Å². The molecule has 4 heterocycles. The zero-order valence-corrected chi connectivity index (χ0v) is 19.1. The van der Waals surface area contributed by atoms with Crippen molar-refractivity contribution < 1.29 is 4.79 Å². The van der Waals surface area contributed by atoms with E-state index in [-0.39, 0.29) is 5.91 Å². The van der Waals surface area contributed by atoms with E-state index < -0.39 is 0 Å². The number of hydrogen-bond donors (Lipinski definition) is 1. The quantitative estimate of drug-likeness (QED) is 0.647. The van der Waals surface area contributed by atoms with Crippen LogP contribution in [0.3, 0.4) is 0 Å². The zero-order chi connectivity index (χ0) is 21.3. The van der Waals surface area contributed by atoms with E-state index in [9.17, 15) is 4.79 Å². The number of nitrogens with zero attached hydrogens (tertiary/aromatic N) is 5. The van der Waals surface area contributed by atoms with E-state index in [1.165, 1.54) is 24.2 Å². The van der Waals surface area contributed by atoms with Gasteiger partial charge in [0, 0.05) is 42.3 Å². The Balaban J connectivity index is 1.34. The third-order valence-corrected chi connectivity index (χ3v) is 6.62. The molecule has 7 nitrogen and oxygen atoms in total. The van der Waals surface area contributed by atoms with Crippen LogP contribution in [0.15, 0.2) is 11.4 Å². The van der Waals surface area contributed by atoms with Crippen LogP contribution in [0.4, 0.5) is 5.13 Å². The Morgan fingerprint density at radius 3 is 2.93 bits per heavy atom. The highest BCUT2D eigenvalue weighted by Crippen LogP contribution is 2.22. The predicted molar refractivity (Wildman–Crippen MR) is 120 cm³/mol. The van der Waals surface area contributed by atoms with Crippen LogP contribution < -0.4 is 5.32 Å². The van der Waals surface area contributed by atoms with E-state index in [1.54, 1.807) is 0 Å². The van der Waals surface area contributed by atoms with Gasteiger partial charge in [-0.05, 0) is 58.1 Å². The zero-order valence-electron chi connectivity index (χ0n) is 18.2. The predicted octanol–water partition coefficient (Wildman–Crippen LogP) is 3.91. The lowest BCUT2D eigenvalue weighted by Crippen LogP contribution is -2.33. The summed E-state index contributed by atoms with van der Waals surface area (Å²) in [5.41, 5.74) is 5.93. The summed E-state index contributed by atoms with van der Waals surface area (Å²) >= 11 is 1.50. The van der Waals surface area contributed by atoms with Gasteiger partial charge in [-0.25, -0.2) is 14.5 Å². The van der Waals surface area contributed by atoms with Gasteiger partial charge in [0.15, 0.2) is 10.8 Å². The Morgan fingerprint density at radius 1 is 1.30 bits per heavy atom. The molecule has 4 rings (SSSR count). The molecule has 1 unspecified atom stereocenters. The van der Waals surface area contributed by atoms with Crippen LogP contribution in [-0.2, 0) is 17.8 Å². The standard InChI is InChI=1S/C22H30N6OS/c1-14-6-5-9-27(11-14)12-18-13-30-22(24-18)25-21(29)8-7-19-16(3)23-20-10-15(2)26-28(20)17(19)4/h10,13-14H,5-9,11-12H2,1-4H3,(H,24,25,29). The van der Waals surface area contributed by atoms with Crippen LogP contribution in [0.1, 0.15) is 54.5 Å². The normalized spacial score (nSPS) is 17.5. The fraction of sp³-hybridized carbons (Fsp3) is 0.545. The van der Waals surface area contributed by atoms with Crippen molar-refractivity contribution in [3.8, 4) is 0 Å². The van der Waals surface area contributed by atoms with Gasteiger partial charge in [0.2, 0.25) is 5.91 Å². The Hall–Kier alpha value is -2.32. The molecule has 0 aromatic carbocycles. The van der Waals surface area contributed by atoms with Gasteiger partial charge in [-0.15, -0.1) is 11.3 Å². The Morgan fingerprint density at radius 2 is 2.13 bits per heavy atom. The summed E-state index contributed by atoms with van der Waals surface area (Å²) in [4.78, 5) is 24.2. The number of anilines is 1. The smallest absolute Gasteiger partial charge is 0.226 e. The van der Waals surface area contributed by atoms with Crippen LogP contribution >= 0.6 is 11.3 Å². The van der Waals surface area contributed by atoms with Gasteiger partial charge in [0.1, 0.15) is 0 Å². The number of piperidine rings is 1. The van der Waals surface area contributed by atoms with Crippen molar-refractivity contribution in [3.63, 3.8) is 0 Å². The van der Waals surface area contributed by atoms with Crippen LogP contribution in [0.5, 0.6) is 0 Å². The summed E-state index contributed by atoms with van der Waals surface area (Å²) in [5.74, 6) is 0.737. The Kier molecular flexibility index (Phi) is 6.15. The number of thiazole rings is 1. The second-order valence-corrected chi connectivity index (χ2v) is 9.35. The second-order valence-electron chi connectivity index (χ2n) is 8.49. The monoisotopic (exact) mass is 426 g/mol. The summed E-state index contributed by atoms with van der Waals surface area (Å²) in [5, 5.41) is 10.2. The first-order chi connectivity index (χ1) is 14.4. The molecule has 1 aliphatic rings. The van der Waals surface area contributed by atoms with E-state index in [2.05, 4.69) is 37.6 Å². The molecule has 0 radical (unpaired) electrons. The van der Waals surface area contributed by atoms with Gasteiger partial charge in [0.25, 0.3) is 0 Å². The average Bonchev–Trinajstić information content (AvgIpc) is 3.27. The van der Waals surface area contributed by atoms with Crippen LogP contribution in [0, 0.1) is 26.7 Å². The lowest BCUT2D eigenvalue weighted by atomic mass is 10.0. The average molecular weight is 427 g/mol. The molecule has 0 spiro atoms. The van der Waals surface area contributed by atoms with Crippen molar-refractivity contribution in [3.05, 3.63) is 39.8 Å². The maximum absolute atomic E-state index is 12.5. The molecule has 1 amide bonds. The maximum Gasteiger partial charge on any atom is 0.226 e. The molecule has 30 heavy (non-hydrogen) atoms. The van der Waals surface area contributed by atoms with Crippen molar-refractivity contribution in [2.75, 3.05) is 18.4 Å². The third-order valence-electron chi connectivity index (χ3n) is 5.81. The molecular formula is C22H30N6OS. The van der Waals surface area contributed by atoms with E-state index in [0.29, 0.717) is 18.0 Å². The Bertz CT molecular complexity index is 1060. The number of amides is 1. The van der Waals surface area contributed by atoms with Crippen molar-refractivity contribution in [1.82, 2.24) is 24.5 Å².